The minimum absolute atomic E-state index is 0.275. The summed E-state index contributed by atoms with van der Waals surface area (Å²) in [5, 5.41) is 31.6. The average molecular weight is 366 g/mol. The highest BCUT2D eigenvalue weighted by Gasteiger charge is 1.98. The number of carboxylic acid groups (broad SMARTS) is 4. The average Bonchev–Trinajstić information content (AvgIpc) is 2.37. The molecule has 0 bridgehead atoms. The molecule has 0 unspecified atom stereocenters. The Morgan fingerprint density at radius 1 is 0.720 bits per heavy atom. The molecule has 0 amide bonds. The molecule has 0 aliphatic carbocycles. The molecular formula is C17H34O8. The van der Waals surface area contributed by atoms with E-state index in [1.54, 1.807) is 0 Å². The van der Waals surface area contributed by atoms with Crippen molar-refractivity contribution in [3.63, 3.8) is 0 Å². The van der Waals surface area contributed by atoms with Gasteiger partial charge in [0.2, 0.25) is 0 Å². The number of hydrogen-bond donors (Lipinski definition) is 4. The minimum Gasteiger partial charge on any atom is -0.481 e. The molecule has 0 saturated heterocycles. The van der Waals surface area contributed by atoms with Gasteiger partial charge in [-0.25, -0.2) is 0 Å². The van der Waals surface area contributed by atoms with Crippen LogP contribution in [-0.2, 0) is 19.2 Å². The molecule has 0 aromatic rings. The first-order valence-electron chi connectivity index (χ1n) is 8.25. The minimum atomic E-state index is -0.833. The Labute approximate surface area is 149 Å². The van der Waals surface area contributed by atoms with E-state index in [9.17, 15) is 14.4 Å². The Hall–Kier alpha value is -2.12. The number of aliphatic carboxylic acids is 4. The van der Waals surface area contributed by atoms with E-state index in [2.05, 4.69) is 6.92 Å². The Balaban J connectivity index is -0.000000121. The second-order valence-electron chi connectivity index (χ2n) is 5.51. The molecule has 0 aromatic heterocycles. The van der Waals surface area contributed by atoms with Crippen LogP contribution in [0.4, 0.5) is 0 Å². The van der Waals surface area contributed by atoms with Crippen LogP contribution < -0.4 is 0 Å². The summed E-state index contributed by atoms with van der Waals surface area (Å²) >= 11 is 0. The lowest BCUT2D eigenvalue weighted by Crippen LogP contribution is -1.99. The van der Waals surface area contributed by atoms with Gasteiger partial charge >= 0.3 is 17.9 Å². The fourth-order valence-corrected chi connectivity index (χ4v) is 1.09. The molecule has 8 heteroatoms. The SMILES string of the molecule is CC(=O)O.CC(C)CC(=O)O.CCCC(=O)O.CCCCCC(=O)O. The summed E-state index contributed by atoms with van der Waals surface area (Å²) in [5.74, 6) is -2.66. The summed E-state index contributed by atoms with van der Waals surface area (Å²) in [6.45, 7) is 8.75. The van der Waals surface area contributed by atoms with Crippen LogP contribution in [0, 0.1) is 5.92 Å². The molecule has 4 N–H and O–H groups in total. The fourth-order valence-electron chi connectivity index (χ4n) is 1.09. The molecular weight excluding hydrogens is 332 g/mol. The first-order chi connectivity index (χ1) is 11.4. The van der Waals surface area contributed by atoms with Gasteiger partial charge in [0.25, 0.3) is 5.97 Å². The molecule has 150 valence electrons. The number of carboxylic acids is 4. The Kier molecular flexibility index (Phi) is 29.7. The lowest BCUT2D eigenvalue weighted by molar-refractivity contribution is -0.138. The number of unbranched alkanes of at least 4 members (excludes halogenated alkanes) is 2. The van der Waals surface area contributed by atoms with Crippen molar-refractivity contribution in [1.29, 1.82) is 0 Å². The van der Waals surface area contributed by atoms with Crippen molar-refractivity contribution in [3.8, 4) is 0 Å². The third-order valence-corrected chi connectivity index (χ3v) is 2.04. The van der Waals surface area contributed by atoms with Crippen molar-refractivity contribution < 1.29 is 39.6 Å². The van der Waals surface area contributed by atoms with Gasteiger partial charge in [-0.3, -0.25) is 19.2 Å². The lowest BCUT2D eigenvalue weighted by atomic mass is 10.1. The summed E-state index contributed by atoms with van der Waals surface area (Å²) in [7, 11) is 0. The fraction of sp³-hybridized carbons (Fsp3) is 0.765. The van der Waals surface area contributed by atoms with E-state index >= 15 is 0 Å². The van der Waals surface area contributed by atoms with E-state index in [1.165, 1.54) is 0 Å². The Bertz CT molecular complexity index is 347. The summed E-state index contributed by atoms with van der Waals surface area (Å²) < 4.78 is 0. The molecule has 8 nitrogen and oxygen atoms in total. The number of hydrogen-bond acceptors (Lipinski definition) is 4. The molecule has 0 aliphatic rings. The maximum atomic E-state index is 9.87. The van der Waals surface area contributed by atoms with Crippen LogP contribution in [0.15, 0.2) is 0 Å². The highest BCUT2D eigenvalue weighted by Crippen LogP contribution is 1.97. The van der Waals surface area contributed by atoms with E-state index in [1.807, 2.05) is 20.8 Å². The monoisotopic (exact) mass is 366 g/mol. The standard InChI is InChI=1S/C6H12O2.C5H10O2.C4H8O2.C2H4O2/c1-2-3-4-5-6(7)8;1-4(2)3-5(6)7;1-2-3-4(5)6;1-2(3)4/h2-5H2,1H3,(H,7,8);4H,3H2,1-2H3,(H,6,7);2-3H2,1H3,(H,5,6);1H3,(H,3,4). The predicted octanol–water partition coefficient (Wildman–Crippen LogP) is 3.73. The van der Waals surface area contributed by atoms with Crippen LogP contribution in [0.5, 0.6) is 0 Å². The largest absolute Gasteiger partial charge is 0.481 e. The van der Waals surface area contributed by atoms with Gasteiger partial charge in [0.15, 0.2) is 0 Å². The molecule has 0 radical (unpaired) electrons. The Morgan fingerprint density at radius 2 is 1.12 bits per heavy atom. The van der Waals surface area contributed by atoms with Crippen molar-refractivity contribution >= 4 is 23.9 Å². The van der Waals surface area contributed by atoms with Gasteiger partial charge in [0.05, 0.1) is 0 Å². The van der Waals surface area contributed by atoms with Gasteiger partial charge in [0, 0.05) is 26.2 Å². The van der Waals surface area contributed by atoms with E-state index in [0.717, 1.165) is 32.6 Å². The highest BCUT2D eigenvalue weighted by atomic mass is 16.4. The molecule has 0 atom stereocenters. The molecule has 0 heterocycles. The normalized spacial score (nSPS) is 8.56. The van der Waals surface area contributed by atoms with Crippen LogP contribution in [0.1, 0.15) is 79.6 Å². The van der Waals surface area contributed by atoms with E-state index in [0.29, 0.717) is 12.8 Å². The third kappa shape index (κ3) is 88.6. The molecule has 0 saturated carbocycles. The second-order valence-corrected chi connectivity index (χ2v) is 5.51. The molecule has 25 heavy (non-hydrogen) atoms. The van der Waals surface area contributed by atoms with Crippen LogP contribution in [0.25, 0.3) is 0 Å². The molecule has 0 spiro atoms. The van der Waals surface area contributed by atoms with Crippen LogP contribution in [-0.4, -0.2) is 44.3 Å². The van der Waals surface area contributed by atoms with E-state index < -0.39 is 23.9 Å². The molecule has 0 aliphatic heterocycles. The summed E-state index contributed by atoms with van der Waals surface area (Å²) in [4.78, 5) is 38.3. The number of rotatable bonds is 8. The quantitative estimate of drug-likeness (QED) is 0.475. The predicted molar refractivity (Wildman–Crippen MR) is 94.7 cm³/mol. The van der Waals surface area contributed by atoms with Gasteiger partial charge in [-0.05, 0) is 18.8 Å². The maximum absolute atomic E-state index is 9.87. The summed E-state index contributed by atoms with van der Waals surface area (Å²) in [5.41, 5.74) is 0. The smallest absolute Gasteiger partial charge is 0.303 e. The van der Waals surface area contributed by atoms with Crippen molar-refractivity contribution in [2.45, 2.75) is 79.6 Å². The zero-order valence-corrected chi connectivity index (χ0v) is 15.9. The first-order valence-corrected chi connectivity index (χ1v) is 8.25. The van der Waals surface area contributed by atoms with Gasteiger partial charge in [0.1, 0.15) is 0 Å². The van der Waals surface area contributed by atoms with Crippen LogP contribution in [0.3, 0.4) is 0 Å². The van der Waals surface area contributed by atoms with Gasteiger partial charge in [-0.1, -0.05) is 40.5 Å². The Morgan fingerprint density at radius 3 is 1.24 bits per heavy atom. The number of carbonyl (C=O) groups is 4. The molecule has 0 aromatic carbocycles. The first kappa shape index (κ1) is 30.7. The van der Waals surface area contributed by atoms with E-state index in [4.69, 9.17) is 25.2 Å². The lowest BCUT2D eigenvalue weighted by Gasteiger charge is -1.94. The third-order valence-electron chi connectivity index (χ3n) is 2.04. The zero-order chi connectivity index (χ0) is 20.8. The molecule has 0 fully saturated rings. The summed E-state index contributed by atoms with van der Waals surface area (Å²) in [6, 6.07) is 0. The van der Waals surface area contributed by atoms with Crippen LogP contribution in [0.2, 0.25) is 0 Å². The highest BCUT2D eigenvalue weighted by molar-refractivity contribution is 5.67. The van der Waals surface area contributed by atoms with Crippen molar-refractivity contribution in [2.24, 2.45) is 5.92 Å². The van der Waals surface area contributed by atoms with Gasteiger partial charge < -0.3 is 20.4 Å². The topological polar surface area (TPSA) is 149 Å². The van der Waals surface area contributed by atoms with Crippen molar-refractivity contribution in [1.82, 2.24) is 0 Å². The van der Waals surface area contributed by atoms with Gasteiger partial charge in [-0.15, -0.1) is 0 Å². The molecule has 0 rings (SSSR count). The van der Waals surface area contributed by atoms with Crippen molar-refractivity contribution in [3.05, 3.63) is 0 Å². The second kappa shape index (κ2) is 24.1. The zero-order valence-electron chi connectivity index (χ0n) is 15.9. The van der Waals surface area contributed by atoms with Gasteiger partial charge in [-0.2, -0.15) is 0 Å². The van der Waals surface area contributed by atoms with E-state index in [-0.39, 0.29) is 12.3 Å². The van der Waals surface area contributed by atoms with Crippen molar-refractivity contribution in [2.75, 3.05) is 0 Å². The maximum Gasteiger partial charge on any atom is 0.303 e. The van der Waals surface area contributed by atoms with Crippen LogP contribution >= 0.6 is 0 Å². The summed E-state index contributed by atoms with van der Waals surface area (Å²) in [6.07, 6.45) is 4.58.